The second kappa shape index (κ2) is 8.92. The number of fused-ring (bicyclic) bond motifs is 1. The van der Waals surface area contributed by atoms with E-state index >= 15 is 0 Å². The van der Waals surface area contributed by atoms with E-state index in [0.29, 0.717) is 0 Å². The summed E-state index contributed by atoms with van der Waals surface area (Å²) in [7, 11) is 0. The number of rotatable bonds is 6. The number of esters is 1. The van der Waals surface area contributed by atoms with E-state index in [4.69, 9.17) is 51.1 Å². The second-order valence-corrected chi connectivity index (χ2v) is 12.0. The van der Waals surface area contributed by atoms with Gasteiger partial charge in [-0.15, -0.1) is 11.6 Å². The van der Waals surface area contributed by atoms with E-state index in [9.17, 15) is 18.9 Å². The minimum absolute atomic E-state index is 0.0610. The summed E-state index contributed by atoms with van der Waals surface area (Å²) < 4.78 is 15.0. The Kier molecular flexibility index (Phi) is 7.06. The zero-order valence-electron chi connectivity index (χ0n) is 15.6. The molecule has 1 aromatic carbocycles. The third kappa shape index (κ3) is 4.49. The van der Waals surface area contributed by atoms with Gasteiger partial charge in [0.15, 0.2) is 16.8 Å². The van der Waals surface area contributed by atoms with Crippen molar-refractivity contribution in [1.29, 1.82) is 0 Å². The van der Waals surface area contributed by atoms with Gasteiger partial charge in [0, 0.05) is 0 Å². The first kappa shape index (κ1) is 23.8. The molecule has 0 bridgehead atoms. The third-order valence-corrected chi connectivity index (χ3v) is 8.27. The van der Waals surface area contributed by atoms with Crippen LogP contribution in [0.5, 0.6) is 0 Å². The standard InChI is InChI=1S/C18H18Cl4N2O5S/c1-17(8-19)13(16(27)29-9-18(20,21)22)24-14(26)12(15(24)30(17)28)23-11(25)7-10-5-3-2-4-6-10/h2-6,12-13,15H,7-9H2,1H3,(H,23,25)/t12?,13?,15-,17?,30?/m0/s1. The summed E-state index contributed by atoms with van der Waals surface area (Å²) >= 11 is 21.1. The molecule has 3 rings (SSSR count). The third-order valence-electron chi connectivity index (χ3n) is 5.01. The van der Waals surface area contributed by atoms with Gasteiger partial charge in [0.2, 0.25) is 15.1 Å². The summed E-state index contributed by atoms with van der Waals surface area (Å²) in [5.41, 5.74) is 0.768. The maximum Gasteiger partial charge on any atom is 0.334 e. The topological polar surface area (TPSA) is 98.8 Å². The first-order valence-corrected chi connectivity index (χ1v) is 11.7. The zero-order chi connectivity index (χ0) is 22.3. The SMILES string of the molecule is CC1(CCl)C(C(=O)OCC(Cl)(Cl)Cl)N2C(=O)C(NC(=O)Cc3ccccc3)[C@@H]2[S+]1[O-]. The Labute approximate surface area is 196 Å². The highest BCUT2D eigenvalue weighted by atomic mass is 35.6. The minimum atomic E-state index is -1.84. The number of hydrogen-bond donors (Lipinski definition) is 1. The lowest BCUT2D eigenvalue weighted by molar-refractivity contribution is -0.164. The number of ether oxygens (including phenoxy) is 1. The smallest absolute Gasteiger partial charge is 0.334 e. The van der Waals surface area contributed by atoms with Gasteiger partial charge in [-0.05, 0) is 23.7 Å². The quantitative estimate of drug-likeness (QED) is 0.270. The molecule has 2 aliphatic rings. The van der Waals surface area contributed by atoms with Crippen molar-refractivity contribution in [3.63, 3.8) is 0 Å². The van der Waals surface area contributed by atoms with Gasteiger partial charge in [-0.3, -0.25) is 14.5 Å². The minimum Gasteiger partial charge on any atom is -0.614 e. The van der Waals surface area contributed by atoms with E-state index < -0.39 is 61.6 Å². The van der Waals surface area contributed by atoms with Gasteiger partial charge >= 0.3 is 5.97 Å². The largest absolute Gasteiger partial charge is 0.614 e. The summed E-state index contributed by atoms with van der Waals surface area (Å²) in [6.45, 7) is 0.980. The molecule has 2 aliphatic heterocycles. The van der Waals surface area contributed by atoms with E-state index in [1.54, 1.807) is 24.3 Å². The van der Waals surface area contributed by atoms with Crippen LogP contribution in [-0.2, 0) is 36.7 Å². The fourth-order valence-electron chi connectivity index (χ4n) is 3.53. The van der Waals surface area contributed by atoms with Crippen molar-refractivity contribution in [2.45, 2.75) is 39.3 Å². The van der Waals surface area contributed by atoms with Crippen LogP contribution in [0.1, 0.15) is 12.5 Å². The molecule has 2 saturated heterocycles. The summed E-state index contributed by atoms with van der Waals surface area (Å²) in [6.07, 6.45) is 0.0610. The molecule has 164 valence electrons. The highest BCUT2D eigenvalue weighted by Crippen LogP contribution is 2.47. The van der Waals surface area contributed by atoms with Crippen LogP contribution in [0.2, 0.25) is 0 Å². The van der Waals surface area contributed by atoms with Crippen molar-refractivity contribution >= 4 is 75.4 Å². The van der Waals surface area contributed by atoms with Crippen molar-refractivity contribution in [2.75, 3.05) is 12.5 Å². The summed E-state index contributed by atoms with van der Waals surface area (Å²) in [5.74, 6) is -1.99. The number of β-lactam (4-membered cyclic amide) rings is 1. The predicted molar refractivity (Wildman–Crippen MR) is 115 cm³/mol. The lowest BCUT2D eigenvalue weighted by Crippen LogP contribution is -2.72. The normalized spacial score (nSPS) is 30.5. The molecule has 0 radical (unpaired) electrons. The van der Waals surface area contributed by atoms with Crippen molar-refractivity contribution in [3.8, 4) is 0 Å². The Morgan fingerprint density at radius 2 is 1.93 bits per heavy atom. The lowest BCUT2D eigenvalue weighted by Gasteiger charge is -2.41. The molecule has 30 heavy (non-hydrogen) atoms. The Morgan fingerprint density at radius 1 is 1.30 bits per heavy atom. The van der Waals surface area contributed by atoms with Gasteiger partial charge in [0.05, 0.1) is 12.3 Å². The average Bonchev–Trinajstić information content (AvgIpc) is 2.90. The molecular formula is C18H18Cl4N2O5S. The first-order chi connectivity index (χ1) is 14.0. The molecule has 2 heterocycles. The monoisotopic (exact) mass is 514 g/mol. The number of alkyl halides is 4. The van der Waals surface area contributed by atoms with Gasteiger partial charge in [-0.25, -0.2) is 4.79 Å². The fraction of sp³-hybridized carbons (Fsp3) is 0.500. The van der Waals surface area contributed by atoms with Crippen LogP contribution in [0.25, 0.3) is 0 Å². The summed E-state index contributed by atoms with van der Waals surface area (Å²) in [4.78, 5) is 38.9. The van der Waals surface area contributed by atoms with Crippen molar-refractivity contribution in [3.05, 3.63) is 35.9 Å². The van der Waals surface area contributed by atoms with Gasteiger partial charge < -0.3 is 14.6 Å². The predicted octanol–water partition coefficient (Wildman–Crippen LogP) is 1.92. The number of carbonyl (C=O) groups excluding carboxylic acids is 3. The Bertz CT molecular complexity index is 840. The van der Waals surface area contributed by atoms with Crippen LogP contribution in [0.4, 0.5) is 0 Å². The number of carbonyl (C=O) groups is 3. The lowest BCUT2D eigenvalue weighted by atomic mass is 9.95. The molecule has 0 saturated carbocycles. The molecule has 1 aromatic rings. The molecule has 5 atom stereocenters. The van der Waals surface area contributed by atoms with E-state index in [0.717, 1.165) is 10.5 Å². The molecule has 7 nitrogen and oxygen atoms in total. The van der Waals surface area contributed by atoms with Crippen LogP contribution in [-0.4, -0.2) is 65.7 Å². The number of hydrogen-bond acceptors (Lipinski definition) is 5. The molecule has 0 aliphatic carbocycles. The van der Waals surface area contributed by atoms with E-state index in [2.05, 4.69) is 5.32 Å². The van der Waals surface area contributed by atoms with Crippen molar-refractivity contribution in [2.24, 2.45) is 0 Å². The highest BCUT2D eigenvalue weighted by molar-refractivity contribution is 7.94. The Hall–Kier alpha value is -0.900. The van der Waals surface area contributed by atoms with Gasteiger partial charge in [-0.1, -0.05) is 65.1 Å². The van der Waals surface area contributed by atoms with Gasteiger partial charge in [0.1, 0.15) is 6.61 Å². The molecule has 12 heteroatoms. The number of nitrogens with zero attached hydrogens (tertiary/aromatic N) is 1. The van der Waals surface area contributed by atoms with Crippen LogP contribution in [0.3, 0.4) is 0 Å². The number of nitrogens with one attached hydrogen (secondary N) is 1. The zero-order valence-corrected chi connectivity index (χ0v) is 19.5. The first-order valence-electron chi connectivity index (χ1n) is 8.85. The van der Waals surface area contributed by atoms with Crippen LogP contribution >= 0.6 is 46.4 Å². The molecule has 0 aromatic heterocycles. The Balaban J connectivity index is 1.74. The molecule has 2 amide bonds. The van der Waals surface area contributed by atoms with E-state index in [1.807, 2.05) is 6.07 Å². The van der Waals surface area contributed by atoms with Crippen LogP contribution in [0.15, 0.2) is 30.3 Å². The van der Waals surface area contributed by atoms with E-state index in [1.165, 1.54) is 6.92 Å². The molecule has 4 unspecified atom stereocenters. The average molecular weight is 516 g/mol. The van der Waals surface area contributed by atoms with Crippen LogP contribution < -0.4 is 5.32 Å². The fourth-order valence-corrected chi connectivity index (χ4v) is 6.11. The highest BCUT2D eigenvalue weighted by Gasteiger charge is 2.74. The molecule has 1 N–H and O–H groups in total. The summed E-state index contributed by atoms with van der Waals surface area (Å²) in [5, 5.41) is 1.72. The van der Waals surface area contributed by atoms with Crippen molar-refractivity contribution < 1.29 is 23.7 Å². The number of halogens is 4. The maximum absolute atomic E-state index is 13.1. The van der Waals surface area contributed by atoms with Crippen LogP contribution in [0, 0.1) is 0 Å². The number of amides is 2. The molecular weight excluding hydrogens is 498 g/mol. The maximum atomic E-state index is 13.1. The molecule has 0 spiro atoms. The Morgan fingerprint density at radius 3 is 2.50 bits per heavy atom. The van der Waals surface area contributed by atoms with Gasteiger partial charge in [0.25, 0.3) is 5.91 Å². The second-order valence-electron chi connectivity index (χ2n) is 7.21. The van der Waals surface area contributed by atoms with Gasteiger partial charge in [-0.2, -0.15) is 0 Å². The number of benzene rings is 1. The van der Waals surface area contributed by atoms with Crippen molar-refractivity contribution in [1.82, 2.24) is 10.2 Å². The summed E-state index contributed by atoms with van der Waals surface area (Å²) in [6, 6.07) is 6.74. The van der Waals surface area contributed by atoms with E-state index in [-0.39, 0.29) is 12.3 Å². The molecule has 2 fully saturated rings.